The van der Waals surface area contributed by atoms with Gasteiger partial charge in [0.25, 0.3) is 5.91 Å². The number of aromatic nitrogens is 1. The first-order chi connectivity index (χ1) is 12.9. The van der Waals surface area contributed by atoms with Gasteiger partial charge in [-0.05, 0) is 67.9 Å². The fourth-order valence-electron chi connectivity index (χ4n) is 2.45. The molecule has 27 heavy (non-hydrogen) atoms. The molecule has 0 saturated heterocycles. The van der Waals surface area contributed by atoms with Gasteiger partial charge in [0.2, 0.25) is 0 Å². The predicted molar refractivity (Wildman–Crippen MR) is 108 cm³/mol. The summed E-state index contributed by atoms with van der Waals surface area (Å²) in [5, 5.41) is 6.60. The van der Waals surface area contributed by atoms with E-state index >= 15 is 0 Å². The van der Waals surface area contributed by atoms with Gasteiger partial charge in [-0.1, -0.05) is 17.7 Å². The first-order valence-corrected chi connectivity index (χ1v) is 8.72. The highest BCUT2D eigenvalue weighted by molar-refractivity contribution is 6.31. The number of Topliss-reactive ketones (excluding diaryl/α,β-unsaturated/α-hetero) is 1. The molecule has 0 spiro atoms. The van der Waals surface area contributed by atoms with Crippen LogP contribution in [0.25, 0.3) is 0 Å². The number of amides is 1. The van der Waals surface area contributed by atoms with Crippen LogP contribution in [0, 0.1) is 6.92 Å². The number of rotatable bonds is 5. The highest BCUT2D eigenvalue weighted by Gasteiger charge is 2.09. The lowest BCUT2D eigenvalue weighted by Gasteiger charge is -2.09. The first kappa shape index (κ1) is 18.6. The fourth-order valence-corrected chi connectivity index (χ4v) is 2.63. The Labute approximate surface area is 162 Å². The molecule has 1 aromatic heterocycles. The van der Waals surface area contributed by atoms with Crippen molar-refractivity contribution in [3.05, 3.63) is 82.5 Å². The maximum absolute atomic E-state index is 12.5. The van der Waals surface area contributed by atoms with Gasteiger partial charge in [-0.15, -0.1) is 0 Å². The quantitative estimate of drug-likeness (QED) is 0.594. The number of nitrogens with zero attached hydrogens (tertiary/aromatic N) is 1. The van der Waals surface area contributed by atoms with E-state index in [4.69, 9.17) is 11.6 Å². The van der Waals surface area contributed by atoms with Gasteiger partial charge < -0.3 is 10.6 Å². The summed E-state index contributed by atoms with van der Waals surface area (Å²) in [5.74, 6) is 0.251. The molecule has 2 N–H and O–H groups in total. The van der Waals surface area contributed by atoms with Gasteiger partial charge in [-0.25, -0.2) is 4.98 Å². The number of nitrogens with one attached hydrogen (secondary N) is 2. The highest BCUT2D eigenvalue weighted by Crippen LogP contribution is 2.23. The van der Waals surface area contributed by atoms with Crippen LogP contribution in [-0.2, 0) is 0 Å². The molecular formula is C21H18ClN3O2. The molecule has 0 radical (unpaired) electrons. The Bertz CT molecular complexity index is 1000. The van der Waals surface area contributed by atoms with Gasteiger partial charge in [0, 0.05) is 33.7 Å². The Kier molecular flexibility index (Phi) is 5.52. The van der Waals surface area contributed by atoms with Crippen molar-refractivity contribution in [3.63, 3.8) is 0 Å². The lowest BCUT2D eigenvalue weighted by molar-refractivity contribution is 0.101. The second kappa shape index (κ2) is 8.01. The average Bonchev–Trinajstić information content (AvgIpc) is 2.65. The van der Waals surface area contributed by atoms with Gasteiger partial charge >= 0.3 is 0 Å². The third kappa shape index (κ3) is 4.71. The third-order valence-corrected chi connectivity index (χ3v) is 4.42. The number of anilines is 3. The molecule has 2 aromatic carbocycles. The van der Waals surface area contributed by atoms with Gasteiger partial charge in [-0.2, -0.15) is 0 Å². The smallest absolute Gasteiger partial charge is 0.255 e. The fraction of sp³-hybridized carbons (Fsp3) is 0.0952. The zero-order valence-electron chi connectivity index (χ0n) is 14.9. The van der Waals surface area contributed by atoms with E-state index in [1.54, 1.807) is 42.6 Å². The van der Waals surface area contributed by atoms with Gasteiger partial charge in [0.05, 0.1) is 0 Å². The molecule has 3 aromatic rings. The molecule has 0 fully saturated rings. The minimum absolute atomic E-state index is 0.0195. The summed E-state index contributed by atoms with van der Waals surface area (Å²) in [6.07, 6.45) is 1.56. The number of pyridine rings is 1. The minimum Gasteiger partial charge on any atom is -0.340 e. The van der Waals surface area contributed by atoms with E-state index in [0.29, 0.717) is 27.7 Å². The number of hydrogen-bond acceptors (Lipinski definition) is 4. The van der Waals surface area contributed by atoms with Crippen molar-refractivity contribution in [2.24, 2.45) is 0 Å². The topological polar surface area (TPSA) is 71.1 Å². The first-order valence-electron chi connectivity index (χ1n) is 8.34. The number of aryl methyl sites for hydroxylation is 1. The monoisotopic (exact) mass is 379 g/mol. The van der Waals surface area contributed by atoms with Crippen LogP contribution >= 0.6 is 11.6 Å². The maximum atomic E-state index is 12.5. The van der Waals surface area contributed by atoms with Crippen molar-refractivity contribution >= 4 is 40.5 Å². The molecule has 1 amide bonds. The molecule has 136 valence electrons. The summed E-state index contributed by atoms with van der Waals surface area (Å²) >= 11 is 6.14. The summed E-state index contributed by atoms with van der Waals surface area (Å²) in [5.41, 5.74) is 3.44. The molecule has 0 saturated carbocycles. The van der Waals surface area contributed by atoms with E-state index in [0.717, 1.165) is 11.3 Å². The van der Waals surface area contributed by atoms with E-state index in [1.807, 2.05) is 25.1 Å². The highest BCUT2D eigenvalue weighted by atomic mass is 35.5. The normalized spacial score (nSPS) is 10.3. The molecule has 0 aliphatic carbocycles. The summed E-state index contributed by atoms with van der Waals surface area (Å²) < 4.78 is 0. The van der Waals surface area contributed by atoms with Crippen LogP contribution in [0.4, 0.5) is 17.2 Å². The van der Waals surface area contributed by atoms with Crippen LogP contribution in [0.3, 0.4) is 0 Å². The van der Waals surface area contributed by atoms with Crippen molar-refractivity contribution in [3.8, 4) is 0 Å². The summed E-state index contributed by atoms with van der Waals surface area (Å²) in [6.45, 7) is 3.43. The number of carbonyl (C=O) groups is 2. The molecule has 6 heteroatoms. The average molecular weight is 380 g/mol. The van der Waals surface area contributed by atoms with Crippen molar-refractivity contribution in [2.45, 2.75) is 13.8 Å². The van der Waals surface area contributed by atoms with E-state index in [-0.39, 0.29) is 11.7 Å². The molecular weight excluding hydrogens is 362 g/mol. The molecule has 3 rings (SSSR count). The number of halogens is 1. The minimum atomic E-state index is -0.266. The summed E-state index contributed by atoms with van der Waals surface area (Å²) in [6, 6.07) is 15.7. The van der Waals surface area contributed by atoms with Crippen LogP contribution in [0.1, 0.15) is 33.2 Å². The van der Waals surface area contributed by atoms with Crippen LogP contribution in [-0.4, -0.2) is 16.7 Å². The lowest BCUT2D eigenvalue weighted by atomic mass is 10.1. The van der Waals surface area contributed by atoms with Gasteiger partial charge in [0.1, 0.15) is 5.82 Å². The largest absolute Gasteiger partial charge is 0.340 e. The number of benzene rings is 2. The van der Waals surface area contributed by atoms with Crippen LogP contribution in [0.2, 0.25) is 5.02 Å². The lowest BCUT2D eigenvalue weighted by Crippen LogP contribution is -2.12. The SMILES string of the molecule is CC(=O)c1ccc(NC(=O)c2ccnc(Nc3ccc(C)c(Cl)c3)c2)cc1. The molecule has 0 aliphatic heterocycles. The van der Waals surface area contributed by atoms with Crippen molar-refractivity contribution in [1.29, 1.82) is 0 Å². The molecule has 0 unspecified atom stereocenters. The van der Waals surface area contributed by atoms with Crippen molar-refractivity contribution < 1.29 is 9.59 Å². The van der Waals surface area contributed by atoms with E-state index < -0.39 is 0 Å². The maximum Gasteiger partial charge on any atom is 0.255 e. The second-order valence-electron chi connectivity index (χ2n) is 6.11. The Morgan fingerprint density at radius 1 is 0.926 bits per heavy atom. The number of hydrogen-bond donors (Lipinski definition) is 2. The summed E-state index contributed by atoms with van der Waals surface area (Å²) in [7, 11) is 0. The Hall–Kier alpha value is -3.18. The number of carbonyl (C=O) groups excluding carboxylic acids is 2. The zero-order chi connectivity index (χ0) is 19.4. The summed E-state index contributed by atoms with van der Waals surface area (Å²) in [4.78, 5) is 28.0. The van der Waals surface area contributed by atoms with E-state index in [1.165, 1.54) is 6.92 Å². The van der Waals surface area contributed by atoms with Crippen molar-refractivity contribution in [2.75, 3.05) is 10.6 Å². The Balaban J connectivity index is 1.73. The number of ketones is 1. The molecule has 0 bridgehead atoms. The van der Waals surface area contributed by atoms with E-state index in [2.05, 4.69) is 15.6 Å². The molecule has 1 heterocycles. The standard InChI is InChI=1S/C21H18ClN3O2/c1-13-3-6-18(12-19(13)22)24-20-11-16(9-10-23-20)21(27)25-17-7-4-15(5-8-17)14(2)26/h3-12H,1-2H3,(H,23,24)(H,25,27). The predicted octanol–water partition coefficient (Wildman–Crippen LogP) is 5.24. The third-order valence-electron chi connectivity index (χ3n) is 4.02. The molecule has 5 nitrogen and oxygen atoms in total. The van der Waals surface area contributed by atoms with E-state index in [9.17, 15) is 9.59 Å². The van der Waals surface area contributed by atoms with Gasteiger partial charge in [0.15, 0.2) is 5.78 Å². The molecule has 0 aliphatic rings. The Morgan fingerprint density at radius 3 is 2.30 bits per heavy atom. The van der Waals surface area contributed by atoms with Crippen LogP contribution in [0.15, 0.2) is 60.8 Å². The van der Waals surface area contributed by atoms with Crippen molar-refractivity contribution in [1.82, 2.24) is 4.98 Å². The Morgan fingerprint density at radius 2 is 1.63 bits per heavy atom. The zero-order valence-corrected chi connectivity index (χ0v) is 15.7. The van der Waals surface area contributed by atoms with Crippen LogP contribution in [0.5, 0.6) is 0 Å². The van der Waals surface area contributed by atoms with Gasteiger partial charge in [-0.3, -0.25) is 9.59 Å². The molecule has 0 atom stereocenters. The second-order valence-corrected chi connectivity index (χ2v) is 6.51. The van der Waals surface area contributed by atoms with Crippen LogP contribution < -0.4 is 10.6 Å².